The Bertz CT molecular complexity index is 343. The van der Waals surface area contributed by atoms with Gasteiger partial charge in [-0.05, 0) is 36.4 Å². The minimum Gasteiger partial charge on any atom is -0.356 e. The van der Waals surface area contributed by atoms with Crippen molar-refractivity contribution in [2.45, 2.75) is 17.7 Å². The molecule has 3 N–H and O–H groups in total. The fraction of sp³-hybridized carbons (Fsp3) is 0.417. The molecule has 5 heteroatoms. The van der Waals surface area contributed by atoms with Crippen molar-refractivity contribution in [3.8, 4) is 0 Å². The second-order valence-electron chi connectivity index (χ2n) is 3.54. The van der Waals surface area contributed by atoms with Gasteiger partial charge in [0.1, 0.15) is 5.82 Å². The molecular formula is C12H17FN2OS. The molecule has 94 valence electrons. The number of benzene rings is 1. The van der Waals surface area contributed by atoms with Crippen LogP contribution in [0.2, 0.25) is 0 Å². The minimum absolute atomic E-state index is 0.000665. The number of nitrogens with one attached hydrogen (secondary N) is 1. The number of carbonyl (C=O) groups is 1. The van der Waals surface area contributed by atoms with Gasteiger partial charge in [-0.1, -0.05) is 0 Å². The summed E-state index contributed by atoms with van der Waals surface area (Å²) in [5, 5.41) is 2.79. The normalized spacial score (nSPS) is 10.2. The highest BCUT2D eigenvalue weighted by molar-refractivity contribution is 7.99. The summed E-state index contributed by atoms with van der Waals surface area (Å²) in [7, 11) is 0. The van der Waals surface area contributed by atoms with Gasteiger partial charge in [-0.25, -0.2) is 4.39 Å². The molecule has 0 fully saturated rings. The van der Waals surface area contributed by atoms with Crippen molar-refractivity contribution >= 4 is 17.7 Å². The first kappa shape index (κ1) is 14.0. The average Bonchev–Trinajstić information content (AvgIpc) is 2.31. The van der Waals surface area contributed by atoms with E-state index in [2.05, 4.69) is 5.32 Å². The maximum atomic E-state index is 12.6. The summed E-state index contributed by atoms with van der Waals surface area (Å²) in [6.45, 7) is 1.04. The van der Waals surface area contributed by atoms with Gasteiger partial charge >= 0.3 is 0 Å². The monoisotopic (exact) mass is 256 g/mol. The van der Waals surface area contributed by atoms with E-state index in [0.717, 1.165) is 17.1 Å². The van der Waals surface area contributed by atoms with Crippen LogP contribution in [-0.2, 0) is 4.79 Å². The Morgan fingerprint density at radius 1 is 1.35 bits per heavy atom. The van der Waals surface area contributed by atoms with Crippen LogP contribution in [0.4, 0.5) is 4.39 Å². The van der Waals surface area contributed by atoms with Gasteiger partial charge in [0.05, 0.1) is 0 Å². The van der Waals surface area contributed by atoms with Crippen molar-refractivity contribution in [2.24, 2.45) is 5.73 Å². The highest BCUT2D eigenvalue weighted by Gasteiger charge is 1.98. The number of carbonyl (C=O) groups excluding carboxylic acids is 1. The molecule has 0 saturated heterocycles. The molecule has 3 nitrogen and oxygen atoms in total. The van der Waals surface area contributed by atoms with E-state index in [1.165, 1.54) is 12.1 Å². The SMILES string of the molecule is NCCC(=O)NCCCSc1ccc(F)cc1. The molecule has 0 spiro atoms. The van der Waals surface area contributed by atoms with E-state index in [4.69, 9.17) is 5.73 Å². The van der Waals surface area contributed by atoms with E-state index in [1.54, 1.807) is 23.9 Å². The van der Waals surface area contributed by atoms with Gasteiger partial charge in [-0.2, -0.15) is 0 Å². The van der Waals surface area contributed by atoms with Gasteiger partial charge in [-0.3, -0.25) is 4.79 Å². The molecule has 0 aliphatic heterocycles. The number of hydrogen-bond donors (Lipinski definition) is 2. The Kier molecular flexibility index (Phi) is 6.65. The van der Waals surface area contributed by atoms with Gasteiger partial charge in [0.25, 0.3) is 0 Å². The van der Waals surface area contributed by atoms with E-state index in [1.807, 2.05) is 0 Å². The van der Waals surface area contributed by atoms with Crippen molar-refractivity contribution in [2.75, 3.05) is 18.8 Å². The van der Waals surface area contributed by atoms with E-state index in [-0.39, 0.29) is 11.7 Å². The molecule has 0 atom stereocenters. The largest absolute Gasteiger partial charge is 0.356 e. The lowest BCUT2D eigenvalue weighted by Crippen LogP contribution is -2.26. The molecule has 0 aliphatic rings. The zero-order chi connectivity index (χ0) is 12.5. The third-order valence-corrected chi connectivity index (χ3v) is 3.20. The highest BCUT2D eigenvalue weighted by atomic mass is 32.2. The van der Waals surface area contributed by atoms with Crippen LogP contribution in [0.5, 0.6) is 0 Å². The van der Waals surface area contributed by atoms with E-state index in [0.29, 0.717) is 19.5 Å². The van der Waals surface area contributed by atoms with Gasteiger partial charge < -0.3 is 11.1 Å². The average molecular weight is 256 g/mol. The molecule has 0 bridgehead atoms. The second kappa shape index (κ2) is 8.08. The van der Waals surface area contributed by atoms with Crippen LogP contribution in [0, 0.1) is 5.82 Å². The molecule has 0 aromatic heterocycles. The molecule has 0 radical (unpaired) electrons. The minimum atomic E-state index is -0.219. The van der Waals surface area contributed by atoms with Crippen LogP contribution in [-0.4, -0.2) is 24.7 Å². The maximum Gasteiger partial charge on any atom is 0.221 e. The fourth-order valence-corrected chi connectivity index (χ4v) is 2.09. The third kappa shape index (κ3) is 6.28. The number of hydrogen-bond acceptors (Lipinski definition) is 3. The molecule has 17 heavy (non-hydrogen) atoms. The van der Waals surface area contributed by atoms with Crippen molar-refractivity contribution in [3.63, 3.8) is 0 Å². The first-order valence-electron chi connectivity index (χ1n) is 5.57. The predicted octanol–water partition coefficient (Wildman–Crippen LogP) is 1.77. The summed E-state index contributed by atoms with van der Waals surface area (Å²) < 4.78 is 12.6. The number of nitrogens with two attached hydrogens (primary N) is 1. The first-order chi connectivity index (χ1) is 8.22. The summed E-state index contributed by atoms with van der Waals surface area (Å²) in [5.41, 5.74) is 5.25. The van der Waals surface area contributed by atoms with E-state index < -0.39 is 0 Å². The fourth-order valence-electron chi connectivity index (χ4n) is 1.24. The highest BCUT2D eigenvalue weighted by Crippen LogP contribution is 2.18. The van der Waals surface area contributed by atoms with Gasteiger partial charge in [0, 0.05) is 24.4 Å². The van der Waals surface area contributed by atoms with Gasteiger partial charge in [-0.15, -0.1) is 11.8 Å². The van der Waals surface area contributed by atoms with Crippen LogP contribution in [0.15, 0.2) is 29.2 Å². The molecule has 0 saturated carbocycles. The number of amides is 1. The summed E-state index contributed by atoms with van der Waals surface area (Å²) in [6.07, 6.45) is 1.27. The summed E-state index contributed by atoms with van der Waals surface area (Å²) in [5.74, 6) is 0.678. The Morgan fingerprint density at radius 3 is 2.71 bits per heavy atom. The Hall–Kier alpha value is -1.07. The lowest BCUT2D eigenvalue weighted by molar-refractivity contribution is -0.120. The topological polar surface area (TPSA) is 55.1 Å². The van der Waals surface area contributed by atoms with Crippen molar-refractivity contribution < 1.29 is 9.18 Å². The maximum absolute atomic E-state index is 12.6. The van der Waals surface area contributed by atoms with E-state index in [9.17, 15) is 9.18 Å². The molecule has 0 unspecified atom stereocenters. The first-order valence-corrected chi connectivity index (χ1v) is 6.56. The third-order valence-electron chi connectivity index (χ3n) is 2.10. The van der Waals surface area contributed by atoms with Gasteiger partial charge in [0.15, 0.2) is 0 Å². The smallest absolute Gasteiger partial charge is 0.221 e. The number of rotatable bonds is 7. The molecular weight excluding hydrogens is 239 g/mol. The zero-order valence-electron chi connectivity index (χ0n) is 9.62. The molecule has 0 heterocycles. The molecule has 1 aromatic rings. The van der Waals surface area contributed by atoms with Crippen LogP contribution < -0.4 is 11.1 Å². The van der Waals surface area contributed by atoms with E-state index >= 15 is 0 Å². The Morgan fingerprint density at radius 2 is 2.06 bits per heavy atom. The van der Waals surface area contributed by atoms with Gasteiger partial charge in [0.2, 0.25) is 5.91 Å². The Labute approximate surface area is 105 Å². The lowest BCUT2D eigenvalue weighted by atomic mass is 10.3. The second-order valence-corrected chi connectivity index (χ2v) is 4.71. The zero-order valence-corrected chi connectivity index (χ0v) is 10.4. The van der Waals surface area contributed by atoms with Crippen LogP contribution in [0.25, 0.3) is 0 Å². The van der Waals surface area contributed by atoms with Crippen LogP contribution in [0.1, 0.15) is 12.8 Å². The quantitative estimate of drug-likeness (QED) is 0.577. The molecule has 1 rings (SSSR count). The van der Waals surface area contributed by atoms with Crippen molar-refractivity contribution in [1.29, 1.82) is 0 Å². The summed E-state index contributed by atoms with van der Waals surface area (Å²) in [6, 6.07) is 6.41. The standard InChI is InChI=1S/C12H17FN2OS/c13-10-2-4-11(5-3-10)17-9-1-8-15-12(16)6-7-14/h2-5H,1,6-9,14H2,(H,15,16). The lowest BCUT2D eigenvalue weighted by Gasteiger charge is -2.04. The number of halogens is 1. The molecule has 1 aromatic carbocycles. The predicted molar refractivity (Wildman–Crippen MR) is 68.4 cm³/mol. The van der Waals surface area contributed by atoms with Crippen LogP contribution >= 0.6 is 11.8 Å². The summed E-state index contributed by atoms with van der Waals surface area (Å²) in [4.78, 5) is 12.1. The molecule has 0 aliphatic carbocycles. The van der Waals surface area contributed by atoms with Crippen molar-refractivity contribution in [1.82, 2.24) is 5.32 Å². The summed E-state index contributed by atoms with van der Waals surface area (Å²) >= 11 is 1.65. The van der Waals surface area contributed by atoms with Crippen molar-refractivity contribution in [3.05, 3.63) is 30.1 Å². The number of thioether (sulfide) groups is 1. The Balaban J connectivity index is 2.08. The van der Waals surface area contributed by atoms with Crippen LogP contribution in [0.3, 0.4) is 0 Å². The molecule has 1 amide bonds.